The zero-order valence-electron chi connectivity index (χ0n) is 18.4. The number of nitrogens with zero attached hydrogens (tertiary/aromatic N) is 5. The van der Waals surface area contributed by atoms with E-state index < -0.39 is 0 Å². The largest absolute Gasteiger partial charge is 0.341 e. The van der Waals surface area contributed by atoms with Crippen LogP contribution in [-0.2, 0) is 17.8 Å². The van der Waals surface area contributed by atoms with Crippen LogP contribution in [0.5, 0.6) is 0 Å². The highest BCUT2D eigenvalue weighted by Gasteiger charge is 2.33. The zero-order valence-corrected chi connectivity index (χ0v) is 18.4. The number of benzene rings is 1. The van der Waals surface area contributed by atoms with Gasteiger partial charge in [0.05, 0.1) is 0 Å². The number of likely N-dealkylation sites (N-methyl/N-ethyl adjacent to an activating group) is 1. The first-order valence-electron chi connectivity index (χ1n) is 11.1. The minimum Gasteiger partial charge on any atom is -0.341 e. The molecule has 0 saturated carbocycles. The van der Waals surface area contributed by atoms with Crippen LogP contribution >= 0.6 is 0 Å². The Balaban J connectivity index is 1.45. The van der Waals surface area contributed by atoms with Crippen LogP contribution in [0.4, 0.5) is 0 Å². The highest BCUT2D eigenvalue weighted by atomic mass is 16.2. The fourth-order valence-electron chi connectivity index (χ4n) is 4.47. The summed E-state index contributed by atoms with van der Waals surface area (Å²) in [5.74, 6) is 0.418. The van der Waals surface area contributed by atoms with Gasteiger partial charge in [0.2, 0.25) is 5.91 Å². The Morgan fingerprint density at radius 2 is 1.75 bits per heavy atom. The molecule has 0 aliphatic carbocycles. The van der Waals surface area contributed by atoms with E-state index in [2.05, 4.69) is 22.2 Å². The summed E-state index contributed by atoms with van der Waals surface area (Å²) in [6.45, 7) is 1.62. The zero-order chi connectivity index (χ0) is 22.3. The maximum absolute atomic E-state index is 13.0. The van der Waals surface area contributed by atoms with E-state index in [0.29, 0.717) is 24.6 Å². The van der Waals surface area contributed by atoms with Gasteiger partial charge in [-0.1, -0.05) is 30.3 Å². The van der Waals surface area contributed by atoms with Crippen molar-refractivity contribution in [2.75, 3.05) is 20.1 Å². The Kier molecular flexibility index (Phi) is 6.94. The van der Waals surface area contributed by atoms with Crippen LogP contribution < -0.4 is 0 Å². The predicted octanol–water partition coefficient (Wildman–Crippen LogP) is 2.90. The van der Waals surface area contributed by atoms with Crippen molar-refractivity contribution in [1.82, 2.24) is 24.6 Å². The first-order valence-corrected chi connectivity index (χ1v) is 11.1. The lowest BCUT2D eigenvalue weighted by atomic mass is 9.84. The second kappa shape index (κ2) is 10.2. The van der Waals surface area contributed by atoms with Gasteiger partial charge in [-0.2, -0.15) is 5.10 Å². The lowest BCUT2D eigenvalue weighted by Gasteiger charge is -2.40. The van der Waals surface area contributed by atoms with Crippen molar-refractivity contribution in [3.05, 3.63) is 84.4 Å². The number of likely N-dealkylation sites (tertiary alicyclic amines) is 1. The Hall–Kier alpha value is -3.48. The van der Waals surface area contributed by atoms with E-state index >= 15 is 0 Å². The van der Waals surface area contributed by atoms with Gasteiger partial charge in [0, 0.05) is 56.5 Å². The van der Waals surface area contributed by atoms with Crippen LogP contribution in [0, 0.1) is 5.92 Å². The Morgan fingerprint density at radius 1 is 1.03 bits per heavy atom. The maximum atomic E-state index is 13.0. The number of rotatable bonds is 7. The van der Waals surface area contributed by atoms with Crippen molar-refractivity contribution in [3.63, 3.8) is 0 Å². The van der Waals surface area contributed by atoms with Gasteiger partial charge in [-0.15, -0.1) is 0 Å². The average Bonchev–Trinajstić information content (AvgIpc) is 3.36. The van der Waals surface area contributed by atoms with E-state index in [1.165, 1.54) is 5.56 Å². The number of pyridine rings is 1. The lowest BCUT2D eigenvalue weighted by molar-refractivity contribution is -0.134. The third kappa shape index (κ3) is 5.22. The summed E-state index contributed by atoms with van der Waals surface area (Å²) in [6.07, 6.45) is 9.32. The minimum atomic E-state index is 0.0462. The van der Waals surface area contributed by atoms with E-state index in [-0.39, 0.29) is 24.4 Å². The van der Waals surface area contributed by atoms with Crippen LogP contribution in [0.25, 0.3) is 0 Å². The molecule has 32 heavy (non-hydrogen) atoms. The molecular weight excluding hydrogens is 402 g/mol. The molecule has 0 spiro atoms. The Morgan fingerprint density at radius 3 is 2.41 bits per heavy atom. The Labute approximate surface area is 188 Å². The molecule has 1 aliphatic heterocycles. The molecule has 0 radical (unpaired) electrons. The summed E-state index contributed by atoms with van der Waals surface area (Å²) in [6, 6.07) is 15.7. The van der Waals surface area contributed by atoms with E-state index in [1.54, 1.807) is 41.6 Å². The summed E-state index contributed by atoms with van der Waals surface area (Å²) in [5.41, 5.74) is 1.89. The van der Waals surface area contributed by atoms with E-state index in [4.69, 9.17) is 0 Å². The number of hydrogen-bond acceptors (Lipinski definition) is 4. The third-order valence-corrected chi connectivity index (χ3v) is 6.33. The number of carbonyl (C=O) groups is 2. The van der Waals surface area contributed by atoms with Gasteiger partial charge in [-0.25, -0.2) is 0 Å². The maximum Gasteiger partial charge on any atom is 0.253 e. The van der Waals surface area contributed by atoms with Crippen LogP contribution in [0.3, 0.4) is 0 Å². The quantitative estimate of drug-likeness (QED) is 0.577. The molecule has 1 saturated heterocycles. The summed E-state index contributed by atoms with van der Waals surface area (Å²) >= 11 is 0. The monoisotopic (exact) mass is 431 g/mol. The van der Waals surface area contributed by atoms with Gasteiger partial charge in [0.15, 0.2) is 0 Å². The summed E-state index contributed by atoms with van der Waals surface area (Å²) < 4.78 is 1.66. The Bertz CT molecular complexity index is 999. The number of aromatic nitrogens is 3. The van der Waals surface area contributed by atoms with Crippen LogP contribution in [0.15, 0.2) is 73.3 Å². The second-order valence-electron chi connectivity index (χ2n) is 8.33. The average molecular weight is 432 g/mol. The van der Waals surface area contributed by atoms with Crippen molar-refractivity contribution >= 4 is 11.8 Å². The van der Waals surface area contributed by atoms with Crippen LogP contribution in [-0.4, -0.2) is 62.6 Å². The molecule has 1 aromatic carbocycles. The molecular formula is C25H29N5O2. The lowest BCUT2D eigenvalue weighted by Crippen LogP contribution is -2.49. The number of hydrogen-bond donors (Lipinski definition) is 0. The molecule has 1 fully saturated rings. The molecule has 7 nitrogen and oxygen atoms in total. The van der Waals surface area contributed by atoms with Crippen molar-refractivity contribution in [3.8, 4) is 0 Å². The fraction of sp³-hybridized carbons (Fsp3) is 0.360. The molecule has 3 aromatic rings. The standard InChI is InChI=1S/C25H29N5O2/c1-28(24(31)19-30-15-5-12-27-30)23(18-20-6-3-2-4-7-20)21-10-16-29(17-11-21)25(32)22-8-13-26-14-9-22/h2-9,12-15,21,23H,10-11,16-19H2,1H3. The fourth-order valence-corrected chi connectivity index (χ4v) is 4.47. The SMILES string of the molecule is CN(C(=O)Cn1cccn1)C(Cc1ccccc1)C1CCN(C(=O)c2ccncc2)CC1. The number of piperidine rings is 1. The van der Waals surface area contributed by atoms with Crippen molar-refractivity contribution in [1.29, 1.82) is 0 Å². The van der Waals surface area contributed by atoms with E-state index in [1.807, 2.05) is 41.1 Å². The van der Waals surface area contributed by atoms with Crippen LogP contribution in [0.2, 0.25) is 0 Å². The molecule has 3 heterocycles. The van der Waals surface area contributed by atoms with E-state index in [0.717, 1.165) is 19.3 Å². The third-order valence-electron chi connectivity index (χ3n) is 6.33. The van der Waals surface area contributed by atoms with Crippen molar-refractivity contribution < 1.29 is 9.59 Å². The van der Waals surface area contributed by atoms with Crippen molar-refractivity contribution in [2.24, 2.45) is 5.92 Å². The molecule has 1 unspecified atom stereocenters. The topological polar surface area (TPSA) is 71.3 Å². The molecule has 4 rings (SSSR count). The summed E-state index contributed by atoms with van der Waals surface area (Å²) in [7, 11) is 1.90. The molecule has 1 atom stereocenters. The van der Waals surface area contributed by atoms with Gasteiger partial charge < -0.3 is 9.80 Å². The number of carbonyl (C=O) groups excluding carboxylic acids is 2. The predicted molar refractivity (Wildman–Crippen MR) is 122 cm³/mol. The van der Waals surface area contributed by atoms with E-state index in [9.17, 15) is 9.59 Å². The first-order chi connectivity index (χ1) is 15.6. The molecule has 2 amide bonds. The van der Waals surface area contributed by atoms with Gasteiger partial charge >= 0.3 is 0 Å². The second-order valence-corrected chi connectivity index (χ2v) is 8.33. The van der Waals surface area contributed by atoms with Gasteiger partial charge in [-0.3, -0.25) is 19.3 Å². The highest BCUT2D eigenvalue weighted by molar-refractivity contribution is 5.94. The molecule has 166 valence electrons. The molecule has 0 N–H and O–H groups in total. The summed E-state index contributed by atoms with van der Waals surface area (Å²) in [5, 5.41) is 4.17. The van der Waals surface area contributed by atoms with Gasteiger partial charge in [0.1, 0.15) is 6.54 Å². The smallest absolute Gasteiger partial charge is 0.253 e. The van der Waals surface area contributed by atoms with Crippen molar-refractivity contribution in [2.45, 2.75) is 31.8 Å². The molecule has 0 bridgehead atoms. The van der Waals surface area contributed by atoms with Gasteiger partial charge in [0.25, 0.3) is 5.91 Å². The number of amides is 2. The highest BCUT2D eigenvalue weighted by Crippen LogP contribution is 2.27. The summed E-state index contributed by atoms with van der Waals surface area (Å²) in [4.78, 5) is 33.6. The van der Waals surface area contributed by atoms with Crippen LogP contribution in [0.1, 0.15) is 28.8 Å². The molecule has 2 aromatic heterocycles. The van der Waals surface area contributed by atoms with Gasteiger partial charge in [-0.05, 0) is 48.9 Å². The molecule has 1 aliphatic rings. The molecule has 7 heteroatoms. The first kappa shape index (κ1) is 21.7. The minimum absolute atomic E-state index is 0.0462. The normalized spacial score (nSPS) is 15.3.